The Hall–Kier alpha value is -2.01. The van der Waals surface area contributed by atoms with Crippen molar-refractivity contribution in [3.63, 3.8) is 0 Å². The summed E-state index contributed by atoms with van der Waals surface area (Å²) in [4.78, 5) is 11.8. The van der Waals surface area contributed by atoms with Crippen LogP contribution in [0, 0.1) is 0 Å². The molecule has 0 atom stereocenters. The summed E-state index contributed by atoms with van der Waals surface area (Å²) in [5.74, 6) is 1.10. The van der Waals surface area contributed by atoms with Crippen LogP contribution >= 0.6 is 15.9 Å². The second kappa shape index (κ2) is 6.96. The lowest BCUT2D eigenvalue weighted by Gasteiger charge is -2.10. The van der Waals surface area contributed by atoms with Crippen molar-refractivity contribution in [2.45, 2.75) is 0 Å². The highest BCUT2D eigenvalue weighted by Crippen LogP contribution is 2.27. The van der Waals surface area contributed by atoms with Crippen molar-refractivity contribution in [3.8, 4) is 11.5 Å². The molecule has 4 nitrogen and oxygen atoms in total. The van der Waals surface area contributed by atoms with Gasteiger partial charge in [-0.3, -0.25) is 4.79 Å². The summed E-state index contributed by atoms with van der Waals surface area (Å²) in [6.45, 7) is -0.0480. The zero-order valence-electron chi connectivity index (χ0n) is 10.9. The molecular formula is C15H14BrNO3. The average Bonchev–Trinajstić information content (AvgIpc) is 2.48. The van der Waals surface area contributed by atoms with Gasteiger partial charge in [-0.1, -0.05) is 18.2 Å². The summed E-state index contributed by atoms with van der Waals surface area (Å²) < 4.78 is 11.3. The molecule has 0 bridgehead atoms. The first-order valence-electron chi connectivity index (χ1n) is 6.00. The zero-order chi connectivity index (χ0) is 14.4. The van der Waals surface area contributed by atoms with Gasteiger partial charge in [0.15, 0.2) is 6.61 Å². The molecule has 0 aromatic heterocycles. The quantitative estimate of drug-likeness (QED) is 0.909. The van der Waals surface area contributed by atoms with Gasteiger partial charge in [-0.05, 0) is 40.2 Å². The van der Waals surface area contributed by atoms with Crippen LogP contribution in [0.5, 0.6) is 11.5 Å². The highest BCUT2D eigenvalue weighted by atomic mass is 79.9. The Balaban J connectivity index is 1.94. The number of methoxy groups -OCH3 is 1. The maximum Gasteiger partial charge on any atom is 0.262 e. The minimum atomic E-state index is -0.234. The van der Waals surface area contributed by atoms with Gasteiger partial charge in [-0.25, -0.2) is 0 Å². The van der Waals surface area contributed by atoms with Crippen LogP contribution in [0.2, 0.25) is 0 Å². The summed E-state index contributed by atoms with van der Waals surface area (Å²) in [5, 5.41) is 2.76. The van der Waals surface area contributed by atoms with Crippen LogP contribution in [0.3, 0.4) is 0 Å². The van der Waals surface area contributed by atoms with Gasteiger partial charge in [0, 0.05) is 10.5 Å². The second-order valence-corrected chi connectivity index (χ2v) is 4.85. The molecule has 2 aromatic rings. The van der Waals surface area contributed by atoms with E-state index in [0.29, 0.717) is 17.2 Å². The van der Waals surface area contributed by atoms with E-state index in [1.807, 2.05) is 24.3 Å². The minimum absolute atomic E-state index is 0.0480. The number of hydrogen-bond donors (Lipinski definition) is 1. The summed E-state index contributed by atoms with van der Waals surface area (Å²) >= 11 is 3.37. The fourth-order valence-electron chi connectivity index (χ4n) is 1.58. The molecule has 0 saturated heterocycles. The molecule has 0 heterocycles. The van der Waals surface area contributed by atoms with Gasteiger partial charge < -0.3 is 14.8 Å². The average molecular weight is 336 g/mol. The molecule has 0 aliphatic heterocycles. The molecule has 1 N–H and O–H groups in total. The standard InChI is InChI=1S/C15H14BrNO3/c1-19-12-7-8-13(16)14(9-12)17-15(18)10-20-11-5-3-2-4-6-11/h2-9H,10H2,1H3,(H,17,18). The maximum absolute atomic E-state index is 11.8. The Kier molecular flexibility index (Phi) is 5.01. The molecule has 0 aliphatic carbocycles. The lowest BCUT2D eigenvalue weighted by atomic mass is 10.3. The lowest BCUT2D eigenvalue weighted by Crippen LogP contribution is -2.20. The topological polar surface area (TPSA) is 47.6 Å². The number of para-hydroxylation sites is 1. The molecular weight excluding hydrogens is 322 g/mol. The van der Waals surface area contributed by atoms with Gasteiger partial charge in [-0.2, -0.15) is 0 Å². The first-order valence-corrected chi connectivity index (χ1v) is 6.79. The van der Waals surface area contributed by atoms with Crippen molar-refractivity contribution >= 4 is 27.5 Å². The van der Waals surface area contributed by atoms with E-state index in [2.05, 4.69) is 21.2 Å². The van der Waals surface area contributed by atoms with Crippen molar-refractivity contribution in [2.24, 2.45) is 0 Å². The number of benzene rings is 2. The first kappa shape index (κ1) is 14.4. The van der Waals surface area contributed by atoms with E-state index in [9.17, 15) is 4.79 Å². The van der Waals surface area contributed by atoms with Gasteiger partial charge >= 0.3 is 0 Å². The van der Waals surface area contributed by atoms with E-state index >= 15 is 0 Å². The van der Waals surface area contributed by atoms with Gasteiger partial charge in [0.25, 0.3) is 5.91 Å². The number of nitrogens with one attached hydrogen (secondary N) is 1. The SMILES string of the molecule is COc1ccc(Br)c(NC(=O)COc2ccccc2)c1. The zero-order valence-corrected chi connectivity index (χ0v) is 12.5. The Bertz CT molecular complexity index is 587. The smallest absolute Gasteiger partial charge is 0.262 e. The Morgan fingerprint density at radius 1 is 1.15 bits per heavy atom. The summed E-state index contributed by atoms with van der Waals surface area (Å²) in [7, 11) is 1.58. The fraction of sp³-hybridized carbons (Fsp3) is 0.133. The molecule has 1 amide bonds. The fourth-order valence-corrected chi connectivity index (χ4v) is 1.92. The molecule has 5 heteroatoms. The maximum atomic E-state index is 11.8. The number of anilines is 1. The number of rotatable bonds is 5. The Morgan fingerprint density at radius 3 is 2.60 bits per heavy atom. The number of carbonyl (C=O) groups is 1. The Morgan fingerprint density at radius 2 is 1.90 bits per heavy atom. The third kappa shape index (κ3) is 3.99. The van der Waals surface area contributed by atoms with Crippen LogP contribution in [0.15, 0.2) is 53.0 Å². The summed E-state index contributed by atoms with van der Waals surface area (Å²) in [6, 6.07) is 14.6. The van der Waals surface area contributed by atoms with Crippen LogP contribution < -0.4 is 14.8 Å². The monoisotopic (exact) mass is 335 g/mol. The normalized spacial score (nSPS) is 9.90. The van der Waals surface area contributed by atoms with Gasteiger partial charge in [0.2, 0.25) is 0 Å². The largest absolute Gasteiger partial charge is 0.497 e. The molecule has 2 rings (SSSR count). The van der Waals surface area contributed by atoms with Crippen LogP contribution in [-0.2, 0) is 4.79 Å². The van der Waals surface area contributed by atoms with E-state index in [0.717, 1.165) is 4.47 Å². The van der Waals surface area contributed by atoms with Gasteiger partial charge in [0.1, 0.15) is 11.5 Å². The van der Waals surface area contributed by atoms with Crippen molar-refractivity contribution in [1.82, 2.24) is 0 Å². The molecule has 0 aliphatic rings. The molecule has 0 radical (unpaired) electrons. The van der Waals surface area contributed by atoms with Crippen LogP contribution in [0.25, 0.3) is 0 Å². The number of halogens is 1. The lowest BCUT2D eigenvalue weighted by molar-refractivity contribution is -0.118. The molecule has 104 valence electrons. The van der Waals surface area contributed by atoms with E-state index in [4.69, 9.17) is 9.47 Å². The van der Waals surface area contributed by atoms with Crippen molar-refractivity contribution in [2.75, 3.05) is 19.0 Å². The number of amides is 1. The van der Waals surface area contributed by atoms with Crippen LogP contribution in [0.4, 0.5) is 5.69 Å². The van der Waals surface area contributed by atoms with Crippen LogP contribution in [0.1, 0.15) is 0 Å². The molecule has 0 fully saturated rings. The molecule has 0 saturated carbocycles. The third-order valence-corrected chi connectivity index (χ3v) is 3.25. The number of ether oxygens (including phenoxy) is 2. The van der Waals surface area contributed by atoms with Crippen molar-refractivity contribution < 1.29 is 14.3 Å². The van der Waals surface area contributed by atoms with E-state index in [-0.39, 0.29) is 12.5 Å². The minimum Gasteiger partial charge on any atom is -0.497 e. The van der Waals surface area contributed by atoms with Gasteiger partial charge in [-0.15, -0.1) is 0 Å². The third-order valence-electron chi connectivity index (χ3n) is 2.56. The van der Waals surface area contributed by atoms with E-state index in [1.165, 1.54) is 0 Å². The highest BCUT2D eigenvalue weighted by Gasteiger charge is 2.07. The highest BCUT2D eigenvalue weighted by molar-refractivity contribution is 9.10. The molecule has 0 spiro atoms. The van der Waals surface area contributed by atoms with Crippen molar-refractivity contribution in [1.29, 1.82) is 0 Å². The van der Waals surface area contributed by atoms with E-state index < -0.39 is 0 Å². The molecule has 20 heavy (non-hydrogen) atoms. The summed E-state index contributed by atoms with van der Waals surface area (Å²) in [6.07, 6.45) is 0. The predicted molar refractivity (Wildman–Crippen MR) is 81.3 cm³/mol. The molecule has 2 aromatic carbocycles. The number of carbonyl (C=O) groups excluding carboxylic acids is 1. The second-order valence-electron chi connectivity index (χ2n) is 4.00. The number of hydrogen-bond acceptors (Lipinski definition) is 3. The Labute approximate surface area is 125 Å². The summed E-state index contributed by atoms with van der Waals surface area (Å²) in [5.41, 5.74) is 0.644. The predicted octanol–water partition coefficient (Wildman–Crippen LogP) is 3.48. The first-order chi connectivity index (χ1) is 9.69. The van der Waals surface area contributed by atoms with Gasteiger partial charge in [0.05, 0.1) is 12.8 Å². The van der Waals surface area contributed by atoms with E-state index in [1.54, 1.807) is 31.4 Å². The molecule has 0 unspecified atom stereocenters. The van der Waals surface area contributed by atoms with Crippen molar-refractivity contribution in [3.05, 3.63) is 53.0 Å². The van der Waals surface area contributed by atoms with Crippen LogP contribution in [-0.4, -0.2) is 19.6 Å².